The van der Waals surface area contributed by atoms with E-state index in [-0.39, 0.29) is 5.91 Å². The van der Waals surface area contributed by atoms with Crippen LogP contribution in [0.2, 0.25) is 0 Å². The number of aryl methyl sites for hydroxylation is 1. The second-order valence-electron chi connectivity index (χ2n) is 6.07. The lowest BCUT2D eigenvalue weighted by Gasteiger charge is -2.10. The van der Waals surface area contributed by atoms with E-state index in [1.807, 2.05) is 54.6 Å². The van der Waals surface area contributed by atoms with Gasteiger partial charge in [-0.1, -0.05) is 18.2 Å². The highest BCUT2D eigenvalue weighted by Gasteiger charge is 2.15. The quantitative estimate of drug-likeness (QED) is 0.326. The number of pyridine rings is 1. The number of halogens is 2. The summed E-state index contributed by atoms with van der Waals surface area (Å²) in [4.78, 5) is 20.1. The van der Waals surface area contributed by atoms with Crippen LogP contribution in [0, 0.1) is 6.92 Å². The molecule has 2 heterocycles. The van der Waals surface area contributed by atoms with Gasteiger partial charge in [-0.3, -0.25) is 4.79 Å². The fourth-order valence-electron chi connectivity index (χ4n) is 2.83. The Balaban J connectivity index is 1.79. The number of thiophene rings is 1. The summed E-state index contributed by atoms with van der Waals surface area (Å²) in [6, 6.07) is 19.3. The number of anilines is 1. The number of para-hydroxylation sites is 1. The second-order valence-corrected chi connectivity index (χ2v) is 9.06. The molecule has 0 aliphatic heterocycles. The van der Waals surface area contributed by atoms with Gasteiger partial charge in [0, 0.05) is 24.9 Å². The molecule has 0 atom stereocenters. The maximum Gasteiger partial charge on any atom is 0.256 e. The van der Waals surface area contributed by atoms with Gasteiger partial charge in [-0.15, -0.1) is 11.3 Å². The van der Waals surface area contributed by atoms with Gasteiger partial charge >= 0.3 is 0 Å². The molecule has 0 saturated heterocycles. The molecule has 6 heteroatoms. The lowest BCUT2D eigenvalue weighted by molar-refractivity contribution is 0.102. The first-order valence-corrected chi connectivity index (χ1v) is 10.6. The molecule has 0 fully saturated rings. The molecule has 0 aliphatic carbocycles. The van der Waals surface area contributed by atoms with E-state index in [4.69, 9.17) is 4.98 Å². The standard InChI is InChI=1S/C21H14Br2N2OS/c1-12-6-9-20(27-12)19-11-15(14-4-2-3-5-18(14)25-19)21(26)24-13-7-8-16(22)17(23)10-13/h2-11H,1H3,(H,24,26). The third kappa shape index (κ3) is 3.83. The molecule has 2 aromatic heterocycles. The summed E-state index contributed by atoms with van der Waals surface area (Å²) >= 11 is 8.59. The Kier molecular flexibility index (Phi) is 5.12. The minimum atomic E-state index is -0.155. The van der Waals surface area contributed by atoms with Gasteiger partial charge in [0.05, 0.1) is 21.7 Å². The Labute approximate surface area is 177 Å². The topological polar surface area (TPSA) is 42.0 Å². The molecule has 1 N–H and O–H groups in total. The Hall–Kier alpha value is -2.02. The van der Waals surface area contributed by atoms with Gasteiger partial charge in [-0.25, -0.2) is 4.98 Å². The highest BCUT2D eigenvalue weighted by molar-refractivity contribution is 9.13. The van der Waals surface area contributed by atoms with E-state index in [0.29, 0.717) is 5.56 Å². The van der Waals surface area contributed by atoms with Crippen molar-refractivity contribution in [1.82, 2.24) is 4.98 Å². The summed E-state index contributed by atoms with van der Waals surface area (Å²) in [6.07, 6.45) is 0. The monoisotopic (exact) mass is 500 g/mol. The average molecular weight is 502 g/mol. The van der Waals surface area contributed by atoms with Crippen molar-refractivity contribution in [2.24, 2.45) is 0 Å². The lowest BCUT2D eigenvalue weighted by Crippen LogP contribution is -2.13. The Morgan fingerprint density at radius 1 is 1.00 bits per heavy atom. The number of rotatable bonds is 3. The lowest BCUT2D eigenvalue weighted by atomic mass is 10.1. The second kappa shape index (κ2) is 7.54. The molecule has 1 amide bonds. The number of nitrogens with zero attached hydrogens (tertiary/aromatic N) is 1. The van der Waals surface area contributed by atoms with Crippen molar-refractivity contribution in [2.75, 3.05) is 5.32 Å². The first-order chi connectivity index (χ1) is 13.0. The van der Waals surface area contributed by atoms with Gasteiger partial charge in [0.15, 0.2) is 0 Å². The van der Waals surface area contributed by atoms with Crippen molar-refractivity contribution in [1.29, 1.82) is 0 Å². The van der Waals surface area contributed by atoms with Crippen LogP contribution in [0.15, 0.2) is 69.6 Å². The van der Waals surface area contributed by atoms with E-state index in [9.17, 15) is 4.79 Å². The minimum Gasteiger partial charge on any atom is -0.322 e. The summed E-state index contributed by atoms with van der Waals surface area (Å²) < 4.78 is 1.82. The van der Waals surface area contributed by atoms with Gasteiger partial charge in [0.2, 0.25) is 0 Å². The van der Waals surface area contributed by atoms with E-state index >= 15 is 0 Å². The number of hydrogen-bond acceptors (Lipinski definition) is 3. The molecule has 0 saturated carbocycles. The van der Waals surface area contributed by atoms with E-state index in [2.05, 4.69) is 50.2 Å². The van der Waals surface area contributed by atoms with Crippen LogP contribution in [0.4, 0.5) is 5.69 Å². The van der Waals surface area contributed by atoms with Crippen LogP contribution >= 0.6 is 43.2 Å². The van der Waals surface area contributed by atoms with Gasteiger partial charge in [-0.05, 0) is 81.2 Å². The maximum atomic E-state index is 13.1. The Morgan fingerprint density at radius 2 is 1.81 bits per heavy atom. The Bertz CT molecular complexity index is 1170. The number of carbonyl (C=O) groups excluding carboxylic acids is 1. The van der Waals surface area contributed by atoms with Crippen molar-refractivity contribution >= 4 is 65.7 Å². The van der Waals surface area contributed by atoms with Crippen LogP contribution in [-0.2, 0) is 0 Å². The molecule has 134 valence electrons. The molecule has 0 radical (unpaired) electrons. The SMILES string of the molecule is Cc1ccc(-c2cc(C(=O)Nc3ccc(Br)c(Br)c3)c3ccccc3n2)s1. The zero-order valence-corrected chi connectivity index (χ0v) is 18.3. The molecule has 3 nitrogen and oxygen atoms in total. The van der Waals surface area contributed by atoms with Crippen LogP contribution < -0.4 is 5.32 Å². The fraction of sp³-hybridized carbons (Fsp3) is 0.0476. The van der Waals surface area contributed by atoms with Gasteiger partial charge in [-0.2, -0.15) is 0 Å². The van der Waals surface area contributed by atoms with Gasteiger partial charge in [0.1, 0.15) is 0 Å². The van der Waals surface area contributed by atoms with Crippen LogP contribution in [0.5, 0.6) is 0 Å². The van der Waals surface area contributed by atoms with Gasteiger partial charge in [0.25, 0.3) is 5.91 Å². The molecule has 4 aromatic rings. The predicted molar refractivity (Wildman–Crippen MR) is 120 cm³/mol. The zero-order chi connectivity index (χ0) is 19.0. The highest BCUT2D eigenvalue weighted by atomic mass is 79.9. The number of nitrogens with one attached hydrogen (secondary N) is 1. The van der Waals surface area contributed by atoms with Crippen molar-refractivity contribution in [3.8, 4) is 10.6 Å². The number of carbonyl (C=O) groups is 1. The molecule has 0 unspecified atom stereocenters. The molecular formula is C21H14Br2N2OS. The largest absolute Gasteiger partial charge is 0.322 e. The smallest absolute Gasteiger partial charge is 0.256 e. The van der Waals surface area contributed by atoms with Crippen molar-refractivity contribution in [3.05, 3.63) is 80.0 Å². The highest BCUT2D eigenvalue weighted by Crippen LogP contribution is 2.31. The first kappa shape index (κ1) is 18.3. The van der Waals surface area contributed by atoms with E-state index < -0.39 is 0 Å². The van der Waals surface area contributed by atoms with Crippen LogP contribution in [0.3, 0.4) is 0 Å². The molecule has 0 spiro atoms. The predicted octanol–water partition coefficient (Wildman–Crippen LogP) is 7.05. The molecular weight excluding hydrogens is 488 g/mol. The van der Waals surface area contributed by atoms with Crippen molar-refractivity contribution in [2.45, 2.75) is 6.92 Å². The van der Waals surface area contributed by atoms with E-state index in [1.54, 1.807) is 11.3 Å². The summed E-state index contributed by atoms with van der Waals surface area (Å²) in [6.45, 7) is 2.06. The maximum absolute atomic E-state index is 13.1. The Morgan fingerprint density at radius 3 is 2.56 bits per heavy atom. The molecule has 27 heavy (non-hydrogen) atoms. The fourth-order valence-corrected chi connectivity index (χ4v) is 4.29. The number of hydrogen-bond donors (Lipinski definition) is 1. The molecule has 4 rings (SSSR count). The summed E-state index contributed by atoms with van der Waals surface area (Å²) in [5, 5.41) is 3.82. The first-order valence-electron chi connectivity index (χ1n) is 8.24. The average Bonchev–Trinajstić information content (AvgIpc) is 3.10. The molecule has 2 aromatic carbocycles. The molecule has 0 bridgehead atoms. The molecule has 0 aliphatic rings. The van der Waals surface area contributed by atoms with Crippen LogP contribution in [0.25, 0.3) is 21.5 Å². The normalized spacial score (nSPS) is 10.9. The van der Waals surface area contributed by atoms with Crippen LogP contribution in [-0.4, -0.2) is 10.9 Å². The number of aromatic nitrogens is 1. The summed E-state index contributed by atoms with van der Waals surface area (Å²) in [5.74, 6) is -0.155. The third-order valence-corrected chi connectivity index (χ3v) is 7.03. The van der Waals surface area contributed by atoms with E-state index in [0.717, 1.165) is 36.1 Å². The van der Waals surface area contributed by atoms with Crippen molar-refractivity contribution in [3.63, 3.8) is 0 Å². The minimum absolute atomic E-state index is 0.155. The zero-order valence-electron chi connectivity index (χ0n) is 14.3. The van der Waals surface area contributed by atoms with Crippen molar-refractivity contribution < 1.29 is 4.79 Å². The number of amides is 1. The third-order valence-electron chi connectivity index (χ3n) is 4.13. The van der Waals surface area contributed by atoms with Crippen LogP contribution in [0.1, 0.15) is 15.2 Å². The number of fused-ring (bicyclic) bond motifs is 1. The van der Waals surface area contributed by atoms with Gasteiger partial charge < -0.3 is 5.32 Å². The summed E-state index contributed by atoms with van der Waals surface area (Å²) in [5.41, 5.74) is 2.96. The number of benzene rings is 2. The van der Waals surface area contributed by atoms with E-state index in [1.165, 1.54) is 4.88 Å². The summed E-state index contributed by atoms with van der Waals surface area (Å²) in [7, 11) is 0.